The first kappa shape index (κ1) is 25.2. The van der Waals surface area contributed by atoms with E-state index in [-0.39, 0.29) is 23.0 Å². The molecule has 7 nitrogen and oxygen atoms in total. The fourth-order valence-corrected chi connectivity index (χ4v) is 3.37. The lowest BCUT2D eigenvalue weighted by Crippen LogP contribution is -2.35. The highest BCUT2D eigenvalue weighted by molar-refractivity contribution is 6.04. The number of phenolic OH excluding ortho intramolecular Hbond substituents is 1. The normalized spacial score (nSPS) is 11.8. The summed E-state index contributed by atoms with van der Waals surface area (Å²) in [7, 11) is 1.69. The molecule has 1 aromatic heterocycles. The standard InChI is InChI=1S/C25H34N2O5/c1-24(2,3)17-13-16(14-18(22(17)30)25(4,5)6)10-11-21(29)32-15-20(28)26-23(31)19-9-8-12-27(19)7/h8-9,12-14,30H,10-11,15H2,1-7H3,(H,26,28,31). The van der Waals surface area contributed by atoms with Gasteiger partial charge in [0.05, 0.1) is 0 Å². The Hall–Kier alpha value is -3.09. The lowest BCUT2D eigenvalue weighted by atomic mass is 9.78. The fraction of sp³-hybridized carbons (Fsp3) is 0.480. The fourth-order valence-electron chi connectivity index (χ4n) is 3.37. The van der Waals surface area contributed by atoms with Crippen molar-refractivity contribution in [3.8, 4) is 5.75 Å². The minimum atomic E-state index is -0.681. The molecule has 0 aliphatic heterocycles. The number of amides is 2. The molecule has 0 atom stereocenters. The van der Waals surface area contributed by atoms with E-state index in [1.165, 1.54) is 0 Å². The van der Waals surface area contributed by atoms with Crippen LogP contribution in [0.5, 0.6) is 5.75 Å². The molecule has 2 N–H and O–H groups in total. The van der Waals surface area contributed by atoms with Crippen LogP contribution < -0.4 is 5.32 Å². The Morgan fingerprint density at radius 1 is 1.03 bits per heavy atom. The maximum Gasteiger partial charge on any atom is 0.306 e. The molecule has 1 aromatic carbocycles. The van der Waals surface area contributed by atoms with E-state index in [0.717, 1.165) is 16.7 Å². The Bertz CT molecular complexity index is 971. The van der Waals surface area contributed by atoms with Crippen molar-refractivity contribution >= 4 is 17.8 Å². The highest BCUT2D eigenvalue weighted by atomic mass is 16.5. The Morgan fingerprint density at radius 2 is 1.59 bits per heavy atom. The number of phenols is 1. The molecule has 0 radical (unpaired) electrons. The predicted octanol–water partition coefficient (Wildman–Crippen LogP) is 3.76. The second kappa shape index (κ2) is 9.59. The first-order valence-electron chi connectivity index (χ1n) is 10.7. The van der Waals surface area contributed by atoms with Gasteiger partial charge >= 0.3 is 5.97 Å². The van der Waals surface area contributed by atoms with Crippen molar-refractivity contribution in [1.82, 2.24) is 9.88 Å². The van der Waals surface area contributed by atoms with Crippen molar-refractivity contribution in [2.24, 2.45) is 7.05 Å². The molecule has 0 saturated carbocycles. The first-order chi connectivity index (χ1) is 14.7. The molecule has 0 aliphatic carbocycles. The van der Waals surface area contributed by atoms with E-state index in [9.17, 15) is 19.5 Å². The quantitative estimate of drug-likeness (QED) is 0.664. The van der Waals surface area contributed by atoms with Crippen LogP contribution in [0.2, 0.25) is 0 Å². The summed E-state index contributed by atoms with van der Waals surface area (Å²) in [5.74, 6) is -1.48. The van der Waals surface area contributed by atoms with Gasteiger partial charge in [0.2, 0.25) is 0 Å². The molecule has 2 amide bonds. The van der Waals surface area contributed by atoms with Crippen LogP contribution in [0, 0.1) is 0 Å². The van der Waals surface area contributed by atoms with Crippen LogP contribution in [0.3, 0.4) is 0 Å². The van der Waals surface area contributed by atoms with Crippen molar-refractivity contribution in [1.29, 1.82) is 0 Å². The highest BCUT2D eigenvalue weighted by Crippen LogP contribution is 2.39. The van der Waals surface area contributed by atoms with Crippen LogP contribution in [0.25, 0.3) is 0 Å². The lowest BCUT2D eigenvalue weighted by Gasteiger charge is -2.28. The number of benzene rings is 1. The molecule has 1 heterocycles. The van der Waals surface area contributed by atoms with Crippen LogP contribution in [0.4, 0.5) is 0 Å². The van der Waals surface area contributed by atoms with Crippen molar-refractivity contribution in [2.75, 3.05) is 6.61 Å². The molecule has 0 fully saturated rings. The molecule has 2 aromatic rings. The second-order valence-corrected chi connectivity index (χ2v) is 10.1. The topological polar surface area (TPSA) is 97.6 Å². The minimum Gasteiger partial charge on any atom is -0.507 e. The molecule has 0 bridgehead atoms. The molecule has 0 unspecified atom stereocenters. The number of aryl methyl sites for hydroxylation is 2. The number of carbonyl (C=O) groups is 3. The molecule has 0 aliphatic rings. The SMILES string of the molecule is Cn1cccc1C(=O)NC(=O)COC(=O)CCc1cc(C(C)(C)C)c(O)c(C(C)(C)C)c1. The van der Waals surface area contributed by atoms with Crippen molar-refractivity contribution in [2.45, 2.75) is 65.2 Å². The average molecular weight is 443 g/mol. The van der Waals surface area contributed by atoms with Gasteiger partial charge in [-0.3, -0.25) is 19.7 Å². The monoisotopic (exact) mass is 442 g/mol. The van der Waals surface area contributed by atoms with Gasteiger partial charge in [0.25, 0.3) is 11.8 Å². The maximum absolute atomic E-state index is 12.2. The van der Waals surface area contributed by atoms with Gasteiger partial charge in [0.1, 0.15) is 11.4 Å². The van der Waals surface area contributed by atoms with Gasteiger partial charge in [-0.1, -0.05) is 53.7 Å². The summed E-state index contributed by atoms with van der Waals surface area (Å²) in [4.78, 5) is 36.2. The van der Waals surface area contributed by atoms with Gasteiger partial charge in [-0.2, -0.15) is 0 Å². The number of nitrogens with one attached hydrogen (secondary N) is 1. The first-order valence-corrected chi connectivity index (χ1v) is 10.7. The Kier molecular flexibility index (Phi) is 7.54. The van der Waals surface area contributed by atoms with Gasteiger partial charge in [-0.15, -0.1) is 0 Å². The summed E-state index contributed by atoms with van der Waals surface area (Å²) >= 11 is 0. The summed E-state index contributed by atoms with van der Waals surface area (Å²) in [6.07, 6.45) is 2.19. The number of ether oxygens (including phenoxy) is 1. The maximum atomic E-state index is 12.2. The number of carbonyl (C=O) groups excluding carboxylic acids is 3. The number of hydrogen-bond acceptors (Lipinski definition) is 5. The Morgan fingerprint density at radius 3 is 2.06 bits per heavy atom. The zero-order valence-electron chi connectivity index (χ0n) is 20.0. The Balaban J connectivity index is 1.98. The van der Waals surface area contributed by atoms with Gasteiger partial charge in [-0.25, -0.2) is 0 Å². The van der Waals surface area contributed by atoms with Crippen LogP contribution in [-0.4, -0.2) is 34.1 Å². The van der Waals surface area contributed by atoms with E-state index in [0.29, 0.717) is 12.1 Å². The highest BCUT2D eigenvalue weighted by Gasteiger charge is 2.26. The van der Waals surface area contributed by atoms with Gasteiger partial charge in [0.15, 0.2) is 6.61 Å². The molecule has 174 valence electrons. The van der Waals surface area contributed by atoms with Crippen LogP contribution in [0.1, 0.15) is 75.1 Å². The van der Waals surface area contributed by atoms with Gasteiger partial charge in [-0.05, 0) is 46.1 Å². The van der Waals surface area contributed by atoms with E-state index in [1.807, 2.05) is 53.7 Å². The third kappa shape index (κ3) is 6.45. The van der Waals surface area contributed by atoms with Crippen molar-refractivity contribution in [3.63, 3.8) is 0 Å². The van der Waals surface area contributed by atoms with Crippen molar-refractivity contribution < 1.29 is 24.2 Å². The van der Waals surface area contributed by atoms with E-state index in [2.05, 4.69) is 5.32 Å². The summed E-state index contributed by atoms with van der Waals surface area (Å²) < 4.78 is 6.62. The Labute approximate surface area is 189 Å². The second-order valence-electron chi connectivity index (χ2n) is 10.1. The van der Waals surface area contributed by atoms with Crippen LogP contribution in [0.15, 0.2) is 30.5 Å². The third-order valence-electron chi connectivity index (χ3n) is 5.20. The van der Waals surface area contributed by atoms with Gasteiger partial charge in [0, 0.05) is 19.7 Å². The number of esters is 1. The number of rotatable bonds is 6. The summed E-state index contributed by atoms with van der Waals surface area (Å²) in [6.45, 7) is 11.7. The lowest BCUT2D eigenvalue weighted by molar-refractivity contribution is -0.148. The zero-order chi connectivity index (χ0) is 24.3. The third-order valence-corrected chi connectivity index (χ3v) is 5.20. The number of aromatic hydroxyl groups is 1. The summed E-state index contributed by atoms with van der Waals surface area (Å²) in [5, 5.41) is 13.0. The van der Waals surface area contributed by atoms with Crippen LogP contribution >= 0.6 is 0 Å². The van der Waals surface area contributed by atoms with E-state index < -0.39 is 24.4 Å². The smallest absolute Gasteiger partial charge is 0.306 e. The molecular formula is C25H34N2O5. The van der Waals surface area contributed by atoms with Crippen molar-refractivity contribution in [3.05, 3.63) is 52.8 Å². The van der Waals surface area contributed by atoms with E-state index in [1.54, 1.807) is 29.9 Å². The predicted molar refractivity (Wildman–Crippen MR) is 123 cm³/mol. The molecule has 2 rings (SSSR count). The minimum absolute atomic E-state index is 0.0803. The number of imide groups is 1. The van der Waals surface area contributed by atoms with Crippen LogP contribution in [-0.2, 0) is 38.6 Å². The molecule has 0 spiro atoms. The van der Waals surface area contributed by atoms with E-state index >= 15 is 0 Å². The van der Waals surface area contributed by atoms with Gasteiger partial charge < -0.3 is 14.4 Å². The molecule has 7 heteroatoms. The zero-order valence-corrected chi connectivity index (χ0v) is 20.0. The van der Waals surface area contributed by atoms with E-state index in [4.69, 9.17) is 4.74 Å². The largest absolute Gasteiger partial charge is 0.507 e. The summed E-state index contributed by atoms with van der Waals surface area (Å²) in [6, 6.07) is 7.12. The average Bonchev–Trinajstić information content (AvgIpc) is 3.09. The number of nitrogens with zero attached hydrogens (tertiary/aromatic N) is 1. The molecular weight excluding hydrogens is 408 g/mol. The number of aromatic nitrogens is 1. The summed E-state index contributed by atoms with van der Waals surface area (Å²) in [5.41, 5.74) is 2.38. The molecule has 32 heavy (non-hydrogen) atoms. The molecule has 0 saturated heterocycles. The number of hydrogen-bond donors (Lipinski definition) is 2.